The van der Waals surface area contributed by atoms with Gasteiger partial charge in [-0.3, -0.25) is 4.79 Å². The molecule has 0 radical (unpaired) electrons. The Labute approximate surface area is 80.7 Å². The predicted molar refractivity (Wildman–Crippen MR) is 48.1 cm³/mol. The Morgan fingerprint density at radius 2 is 2.29 bits per heavy atom. The van der Waals surface area contributed by atoms with E-state index in [2.05, 4.69) is 9.72 Å². The molecule has 2 N–H and O–H groups in total. The number of carboxylic acids is 1. The first-order valence-corrected chi connectivity index (χ1v) is 4.11. The Morgan fingerprint density at radius 3 is 2.86 bits per heavy atom. The quantitative estimate of drug-likeness (QED) is 0.700. The molecule has 0 aliphatic rings. The van der Waals surface area contributed by atoms with Crippen molar-refractivity contribution in [1.29, 1.82) is 0 Å². The lowest BCUT2D eigenvalue weighted by atomic mass is 10.2. The van der Waals surface area contributed by atoms with Crippen LogP contribution in [-0.4, -0.2) is 29.1 Å². The maximum atomic E-state index is 11.0. The summed E-state index contributed by atoms with van der Waals surface area (Å²) in [4.78, 5) is 24.0. The molecule has 1 rings (SSSR count). The summed E-state index contributed by atoms with van der Waals surface area (Å²) >= 11 is 0. The standard InChI is InChI=1S/C9H11NO4/c1-14-9(13)7-4-6(5-10-7)2-3-8(11)12/h4-5,10H,2-3H2,1H3,(H,11,12). The van der Waals surface area contributed by atoms with Crippen molar-refractivity contribution >= 4 is 11.9 Å². The van der Waals surface area contributed by atoms with Gasteiger partial charge in [0.25, 0.3) is 0 Å². The molecular formula is C9H11NO4. The van der Waals surface area contributed by atoms with Crippen LogP contribution in [-0.2, 0) is 16.0 Å². The number of esters is 1. The second-order valence-corrected chi connectivity index (χ2v) is 2.81. The van der Waals surface area contributed by atoms with Crippen LogP contribution in [0.2, 0.25) is 0 Å². The first kappa shape index (κ1) is 10.3. The number of aromatic nitrogens is 1. The largest absolute Gasteiger partial charge is 0.481 e. The highest BCUT2D eigenvalue weighted by Gasteiger charge is 2.08. The zero-order valence-electron chi connectivity index (χ0n) is 7.74. The van der Waals surface area contributed by atoms with E-state index < -0.39 is 11.9 Å². The van der Waals surface area contributed by atoms with E-state index in [0.717, 1.165) is 5.56 Å². The summed E-state index contributed by atoms with van der Waals surface area (Å²) < 4.78 is 4.49. The fourth-order valence-corrected chi connectivity index (χ4v) is 1.06. The molecule has 0 fully saturated rings. The number of nitrogens with one attached hydrogen (secondary N) is 1. The second-order valence-electron chi connectivity index (χ2n) is 2.81. The third kappa shape index (κ3) is 2.62. The normalized spacial score (nSPS) is 9.79. The van der Waals surface area contributed by atoms with Crippen LogP contribution in [0.15, 0.2) is 12.3 Å². The molecule has 1 aromatic heterocycles. The van der Waals surface area contributed by atoms with Crippen molar-refractivity contribution in [3.05, 3.63) is 23.5 Å². The van der Waals surface area contributed by atoms with Gasteiger partial charge >= 0.3 is 11.9 Å². The summed E-state index contributed by atoms with van der Waals surface area (Å²) in [6, 6.07) is 1.59. The van der Waals surface area contributed by atoms with Gasteiger partial charge in [0.05, 0.1) is 7.11 Å². The average molecular weight is 197 g/mol. The summed E-state index contributed by atoms with van der Waals surface area (Å²) in [5, 5.41) is 8.44. The van der Waals surface area contributed by atoms with E-state index in [0.29, 0.717) is 12.1 Å². The molecule has 0 bridgehead atoms. The molecule has 0 aliphatic heterocycles. The van der Waals surface area contributed by atoms with E-state index in [9.17, 15) is 9.59 Å². The predicted octanol–water partition coefficient (Wildman–Crippen LogP) is 0.819. The third-order valence-corrected chi connectivity index (χ3v) is 1.78. The number of methoxy groups -OCH3 is 1. The number of ether oxygens (including phenoxy) is 1. The minimum absolute atomic E-state index is 0.0540. The molecular weight excluding hydrogens is 186 g/mol. The van der Waals surface area contributed by atoms with E-state index in [-0.39, 0.29) is 6.42 Å². The van der Waals surface area contributed by atoms with Gasteiger partial charge in [0.1, 0.15) is 5.69 Å². The Morgan fingerprint density at radius 1 is 1.57 bits per heavy atom. The monoisotopic (exact) mass is 197 g/mol. The van der Waals surface area contributed by atoms with Crippen molar-refractivity contribution < 1.29 is 19.4 Å². The lowest BCUT2D eigenvalue weighted by Gasteiger charge is -1.92. The van der Waals surface area contributed by atoms with Crippen LogP contribution < -0.4 is 0 Å². The zero-order valence-corrected chi connectivity index (χ0v) is 7.74. The molecule has 5 heteroatoms. The molecule has 0 atom stereocenters. The first-order valence-electron chi connectivity index (χ1n) is 4.11. The van der Waals surface area contributed by atoms with Crippen LogP contribution in [0.5, 0.6) is 0 Å². The highest BCUT2D eigenvalue weighted by Crippen LogP contribution is 2.07. The molecule has 0 spiro atoms. The summed E-state index contributed by atoms with van der Waals surface area (Å²) in [7, 11) is 1.29. The van der Waals surface area contributed by atoms with Crippen molar-refractivity contribution in [1.82, 2.24) is 4.98 Å². The highest BCUT2D eigenvalue weighted by atomic mass is 16.5. The van der Waals surface area contributed by atoms with Gasteiger partial charge in [0, 0.05) is 12.6 Å². The number of carboxylic acid groups (broad SMARTS) is 1. The number of aryl methyl sites for hydroxylation is 1. The molecule has 0 aromatic carbocycles. The number of carbonyl (C=O) groups is 2. The second kappa shape index (κ2) is 4.45. The Kier molecular flexibility index (Phi) is 3.28. The van der Waals surface area contributed by atoms with Gasteiger partial charge < -0.3 is 14.8 Å². The number of carbonyl (C=O) groups excluding carboxylic acids is 1. The lowest BCUT2D eigenvalue weighted by molar-refractivity contribution is -0.136. The topological polar surface area (TPSA) is 79.4 Å². The molecule has 5 nitrogen and oxygen atoms in total. The minimum Gasteiger partial charge on any atom is -0.481 e. The van der Waals surface area contributed by atoms with Crippen LogP contribution in [0.1, 0.15) is 22.5 Å². The molecule has 0 saturated carbocycles. The van der Waals surface area contributed by atoms with Crippen molar-refractivity contribution in [2.75, 3.05) is 7.11 Å². The highest BCUT2D eigenvalue weighted by molar-refractivity contribution is 5.87. The van der Waals surface area contributed by atoms with Gasteiger partial charge in [-0.15, -0.1) is 0 Å². The molecule has 1 heterocycles. The van der Waals surface area contributed by atoms with Gasteiger partial charge in [0.2, 0.25) is 0 Å². The number of hydrogen-bond acceptors (Lipinski definition) is 3. The summed E-state index contributed by atoms with van der Waals surface area (Å²) in [6.07, 6.45) is 2.07. The number of aliphatic carboxylic acids is 1. The van der Waals surface area contributed by atoms with E-state index in [1.165, 1.54) is 7.11 Å². The maximum absolute atomic E-state index is 11.0. The number of hydrogen-bond donors (Lipinski definition) is 2. The van der Waals surface area contributed by atoms with Crippen molar-refractivity contribution in [3.8, 4) is 0 Å². The van der Waals surface area contributed by atoms with E-state index in [1.54, 1.807) is 12.3 Å². The van der Waals surface area contributed by atoms with Crippen LogP contribution in [0, 0.1) is 0 Å². The summed E-state index contributed by atoms with van der Waals surface area (Å²) in [5.41, 5.74) is 1.13. The summed E-state index contributed by atoms with van der Waals surface area (Å²) in [6.45, 7) is 0. The fourth-order valence-electron chi connectivity index (χ4n) is 1.06. The van der Waals surface area contributed by atoms with E-state index in [4.69, 9.17) is 5.11 Å². The molecule has 0 saturated heterocycles. The molecule has 0 aliphatic carbocycles. The molecule has 0 amide bonds. The Hall–Kier alpha value is -1.78. The first-order chi connectivity index (χ1) is 6.63. The third-order valence-electron chi connectivity index (χ3n) is 1.78. The molecule has 76 valence electrons. The van der Waals surface area contributed by atoms with Gasteiger partial charge in [-0.1, -0.05) is 0 Å². The van der Waals surface area contributed by atoms with Gasteiger partial charge in [0.15, 0.2) is 0 Å². The lowest BCUT2D eigenvalue weighted by Crippen LogP contribution is -2.00. The number of rotatable bonds is 4. The smallest absolute Gasteiger partial charge is 0.354 e. The fraction of sp³-hybridized carbons (Fsp3) is 0.333. The van der Waals surface area contributed by atoms with Crippen LogP contribution in [0.3, 0.4) is 0 Å². The SMILES string of the molecule is COC(=O)c1cc(CCC(=O)O)c[nH]1. The van der Waals surface area contributed by atoms with Gasteiger partial charge in [-0.2, -0.15) is 0 Å². The molecule has 1 aromatic rings. The number of aromatic amines is 1. The van der Waals surface area contributed by atoms with Gasteiger partial charge in [-0.05, 0) is 18.1 Å². The average Bonchev–Trinajstić information content (AvgIpc) is 2.62. The van der Waals surface area contributed by atoms with Crippen molar-refractivity contribution in [3.63, 3.8) is 0 Å². The minimum atomic E-state index is -0.856. The van der Waals surface area contributed by atoms with Gasteiger partial charge in [-0.25, -0.2) is 4.79 Å². The van der Waals surface area contributed by atoms with Crippen LogP contribution in [0.4, 0.5) is 0 Å². The number of H-pyrrole nitrogens is 1. The van der Waals surface area contributed by atoms with E-state index in [1.807, 2.05) is 0 Å². The zero-order chi connectivity index (χ0) is 10.6. The van der Waals surface area contributed by atoms with Crippen molar-refractivity contribution in [2.45, 2.75) is 12.8 Å². The van der Waals surface area contributed by atoms with Crippen molar-refractivity contribution in [2.24, 2.45) is 0 Å². The van der Waals surface area contributed by atoms with Crippen LogP contribution >= 0.6 is 0 Å². The Bertz CT molecular complexity index is 342. The van der Waals surface area contributed by atoms with Crippen LogP contribution in [0.25, 0.3) is 0 Å². The summed E-state index contributed by atoms with van der Waals surface area (Å²) in [5.74, 6) is -1.31. The van der Waals surface area contributed by atoms with E-state index >= 15 is 0 Å². The molecule has 0 unspecified atom stereocenters. The maximum Gasteiger partial charge on any atom is 0.354 e. The Balaban J connectivity index is 2.59. The molecule has 14 heavy (non-hydrogen) atoms.